The van der Waals surface area contributed by atoms with Crippen molar-refractivity contribution in [1.29, 1.82) is 0 Å². The second-order valence-corrected chi connectivity index (χ2v) is 3.91. The molecule has 0 unspecified atom stereocenters. The van der Waals surface area contributed by atoms with Gasteiger partial charge in [-0.05, 0) is 29.7 Å². The molecule has 88 valence electrons. The van der Waals surface area contributed by atoms with Crippen molar-refractivity contribution in [2.24, 2.45) is 0 Å². The van der Waals surface area contributed by atoms with Crippen LogP contribution in [0.1, 0.15) is 11.1 Å². The number of hydrogen-bond acceptors (Lipinski definition) is 2. The van der Waals surface area contributed by atoms with Crippen LogP contribution in [0.4, 0.5) is 0 Å². The largest absolute Gasteiger partial charge is 0.508 e. The first-order valence-corrected chi connectivity index (χ1v) is 5.75. The predicted octanol–water partition coefficient (Wildman–Crippen LogP) is 3.15. The molecule has 17 heavy (non-hydrogen) atoms. The Labute approximate surface area is 101 Å². The summed E-state index contributed by atoms with van der Waals surface area (Å²) in [5, 5.41) is 8.63. The first-order chi connectivity index (χ1) is 8.36. The Morgan fingerprint density at radius 1 is 0.824 bits per heavy atom. The van der Waals surface area contributed by atoms with Crippen molar-refractivity contribution in [3.63, 3.8) is 0 Å². The SMILES string of the molecule is Oc1ccccc1.c1ccc2c(c1)CCOC2. The molecule has 0 atom stereocenters. The highest BCUT2D eigenvalue weighted by molar-refractivity contribution is 5.27. The molecule has 1 aliphatic rings. The molecule has 0 spiro atoms. The number of phenolic OH excluding ortho intramolecular Hbond substituents is 1. The highest BCUT2D eigenvalue weighted by Crippen LogP contribution is 2.14. The summed E-state index contributed by atoms with van der Waals surface area (Å²) in [5.74, 6) is 0.322. The summed E-state index contributed by atoms with van der Waals surface area (Å²) in [7, 11) is 0. The van der Waals surface area contributed by atoms with Gasteiger partial charge in [0.2, 0.25) is 0 Å². The van der Waals surface area contributed by atoms with E-state index < -0.39 is 0 Å². The zero-order valence-corrected chi connectivity index (χ0v) is 9.67. The molecule has 1 N–H and O–H groups in total. The normalized spacial score (nSPS) is 13.2. The van der Waals surface area contributed by atoms with Gasteiger partial charge in [-0.3, -0.25) is 0 Å². The maximum atomic E-state index is 8.63. The second kappa shape index (κ2) is 6.06. The molecule has 0 fully saturated rings. The lowest BCUT2D eigenvalue weighted by Crippen LogP contribution is -2.08. The number of fused-ring (bicyclic) bond motifs is 1. The van der Waals surface area contributed by atoms with Crippen LogP contribution in [0.25, 0.3) is 0 Å². The summed E-state index contributed by atoms with van der Waals surface area (Å²) in [5.41, 5.74) is 2.81. The van der Waals surface area contributed by atoms with Gasteiger partial charge in [0.1, 0.15) is 5.75 Å². The van der Waals surface area contributed by atoms with Crippen molar-refractivity contribution in [3.8, 4) is 5.75 Å². The van der Waals surface area contributed by atoms with Gasteiger partial charge in [-0.2, -0.15) is 0 Å². The first kappa shape index (κ1) is 11.7. The molecule has 0 saturated carbocycles. The van der Waals surface area contributed by atoms with Crippen molar-refractivity contribution in [3.05, 3.63) is 65.7 Å². The molecule has 2 nitrogen and oxygen atoms in total. The van der Waals surface area contributed by atoms with Gasteiger partial charge in [-0.25, -0.2) is 0 Å². The number of para-hydroxylation sites is 1. The highest BCUT2D eigenvalue weighted by atomic mass is 16.5. The van der Waals surface area contributed by atoms with E-state index in [-0.39, 0.29) is 0 Å². The molecule has 0 aliphatic carbocycles. The molecule has 0 bridgehead atoms. The van der Waals surface area contributed by atoms with E-state index in [4.69, 9.17) is 9.84 Å². The van der Waals surface area contributed by atoms with Gasteiger partial charge in [-0.1, -0.05) is 42.5 Å². The average molecular weight is 228 g/mol. The van der Waals surface area contributed by atoms with Gasteiger partial charge in [0.25, 0.3) is 0 Å². The third-order valence-electron chi connectivity index (χ3n) is 2.65. The van der Waals surface area contributed by atoms with Crippen LogP contribution in [0.15, 0.2) is 54.6 Å². The Morgan fingerprint density at radius 3 is 2.06 bits per heavy atom. The van der Waals surface area contributed by atoms with Gasteiger partial charge in [0, 0.05) is 0 Å². The second-order valence-electron chi connectivity index (χ2n) is 3.91. The quantitative estimate of drug-likeness (QED) is 0.750. The number of hydrogen-bond donors (Lipinski definition) is 1. The summed E-state index contributed by atoms with van der Waals surface area (Å²) in [4.78, 5) is 0. The lowest BCUT2D eigenvalue weighted by Gasteiger charge is -2.14. The summed E-state index contributed by atoms with van der Waals surface area (Å²) in [6, 6.07) is 17.2. The zero-order chi connectivity index (χ0) is 11.9. The average Bonchev–Trinajstić information content (AvgIpc) is 2.41. The molecule has 1 aliphatic heterocycles. The van der Waals surface area contributed by atoms with Crippen LogP contribution >= 0.6 is 0 Å². The molecule has 0 amide bonds. The smallest absolute Gasteiger partial charge is 0.115 e. The molecule has 2 heteroatoms. The van der Waals surface area contributed by atoms with Gasteiger partial charge >= 0.3 is 0 Å². The molecule has 0 radical (unpaired) electrons. The number of phenols is 1. The Balaban J connectivity index is 0.000000136. The predicted molar refractivity (Wildman–Crippen MR) is 67.9 cm³/mol. The van der Waals surface area contributed by atoms with Crippen molar-refractivity contribution in [2.75, 3.05) is 6.61 Å². The Hall–Kier alpha value is -1.80. The van der Waals surface area contributed by atoms with Crippen LogP contribution < -0.4 is 0 Å². The van der Waals surface area contributed by atoms with E-state index in [2.05, 4.69) is 24.3 Å². The zero-order valence-electron chi connectivity index (χ0n) is 9.67. The maximum absolute atomic E-state index is 8.63. The maximum Gasteiger partial charge on any atom is 0.115 e. The van der Waals surface area contributed by atoms with Crippen LogP contribution in [0, 0.1) is 0 Å². The Morgan fingerprint density at radius 2 is 1.47 bits per heavy atom. The molecular weight excluding hydrogens is 212 g/mol. The van der Waals surface area contributed by atoms with Gasteiger partial charge in [-0.15, -0.1) is 0 Å². The number of aromatic hydroxyl groups is 1. The van der Waals surface area contributed by atoms with Crippen molar-refractivity contribution in [2.45, 2.75) is 13.0 Å². The van der Waals surface area contributed by atoms with Crippen molar-refractivity contribution in [1.82, 2.24) is 0 Å². The standard InChI is InChI=1S/C9H10O.C6H6O/c1-2-4-9-7-10-6-5-8(9)3-1;7-6-4-2-1-3-5-6/h1-4H,5-7H2;1-5,7H. The number of ether oxygens (including phenoxy) is 1. The lowest BCUT2D eigenvalue weighted by atomic mass is 10.0. The summed E-state index contributed by atoms with van der Waals surface area (Å²) in [6.45, 7) is 1.69. The van der Waals surface area contributed by atoms with Crippen LogP contribution in [-0.2, 0) is 17.8 Å². The molecular formula is C15H16O2. The molecule has 0 aromatic heterocycles. The van der Waals surface area contributed by atoms with Crippen LogP contribution in [-0.4, -0.2) is 11.7 Å². The third-order valence-corrected chi connectivity index (χ3v) is 2.65. The fraction of sp³-hybridized carbons (Fsp3) is 0.200. The summed E-state index contributed by atoms with van der Waals surface area (Å²) in [6.07, 6.45) is 1.08. The van der Waals surface area contributed by atoms with Gasteiger partial charge < -0.3 is 9.84 Å². The van der Waals surface area contributed by atoms with Gasteiger partial charge in [0.05, 0.1) is 13.2 Å². The van der Waals surface area contributed by atoms with E-state index in [1.165, 1.54) is 11.1 Å². The summed E-state index contributed by atoms with van der Waals surface area (Å²) >= 11 is 0. The minimum Gasteiger partial charge on any atom is -0.508 e. The minimum atomic E-state index is 0.322. The van der Waals surface area contributed by atoms with E-state index in [1.54, 1.807) is 24.3 Å². The van der Waals surface area contributed by atoms with E-state index in [1.807, 2.05) is 6.07 Å². The molecule has 0 saturated heterocycles. The van der Waals surface area contributed by atoms with E-state index >= 15 is 0 Å². The van der Waals surface area contributed by atoms with Crippen LogP contribution in [0.3, 0.4) is 0 Å². The molecule has 2 aromatic carbocycles. The fourth-order valence-corrected chi connectivity index (χ4v) is 1.73. The van der Waals surface area contributed by atoms with Crippen molar-refractivity contribution >= 4 is 0 Å². The van der Waals surface area contributed by atoms with Gasteiger partial charge in [0.15, 0.2) is 0 Å². The first-order valence-electron chi connectivity index (χ1n) is 5.75. The fourth-order valence-electron chi connectivity index (χ4n) is 1.73. The number of rotatable bonds is 0. The van der Waals surface area contributed by atoms with Crippen molar-refractivity contribution < 1.29 is 9.84 Å². The molecule has 1 heterocycles. The van der Waals surface area contributed by atoms with Crippen LogP contribution in [0.2, 0.25) is 0 Å². The summed E-state index contributed by atoms with van der Waals surface area (Å²) < 4.78 is 5.30. The third kappa shape index (κ3) is 3.61. The minimum absolute atomic E-state index is 0.322. The van der Waals surface area contributed by atoms with E-state index in [9.17, 15) is 0 Å². The van der Waals surface area contributed by atoms with E-state index in [0.717, 1.165) is 19.6 Å². The van der Waals surface area contributed by atoms with E-state index in [0.29, 0.717) is 5.75 Å². The topological polar surface area (TPSA) is 29.5 Å². The highest BCUT2D eigenvalue weighted by Gasteiger charge is 2.06. The number of benzene rings is 2. The molecule has 3 rings (SSSR count). The Bertz CT molecular complexity index is 426. The molecule has 2 aromatic rings. The monoisotopic (exact) mass is 228 g/mol. The Kier molecular flexibility index (Phi) is 4.17. The lowest BCUT2D eigenvalue weighted by molar-refractivity contribution is 0.111. The van der Waals surface area contributed by atoms with Crippen LogP contribution in [0.5, 0.6) is 5.75 Å².